The second-order valence-electron chi connectivity index (χ2n) is 4.51. The Morgan fingerprint density at radius 1 is 1.00 bits per heavy atom. The number of aliphatic hydroxyl groups is 1. The minimum Gasteiger partial charge on any atom is -0.384 e. The molecule has 0 aromatic heterocycles. The van der Waals surface area contributed by atoms with Gasteiger partial charge in [0.2, 0.25) is 0 Å². The smallest absolute Gasteiger partial charge is 0.165 e. The van der Waals surface area contributed by atoms with Crippen LogP contribution in [0.25, 0.3) is 0 Å². The molecule has 19 heavy (non-hydrogen) atoms. The van der Waals surface area contributed by atoms with Crippen LogP contribution in [0.15, 0.2) is 30.3 Å². The zero-order chi connectivity index (χ0) is 14.2. The molecule has 0 amide bonds. The summed E-state index contributed by atoms with van der Waals surface area (Å²) in [6, 6.07) is 7.71. The molecule has 2 rings (SSSR count). The fourth-order valence-corrected chi connectivity index (χ4v) is 2.01. The minimum absolute atomic E-state index is 0.0789. The lowest BCUT2D eigenvalue weighted by Crippen LogP contribution is -2.05. The first-order valence-electron chi connectivity index (χ1n) is 5.80. The third-order valence-electron chi connectivity index (χ3n) is 3.10. The van der Waals surface area contributed by atoms with Gasteiger partial charge in [-0.1, -0.05) is 35.9 Å². The molecular formula is C15H13ClF2O. The zero-order valence-corrected chi connectivity index (χ0v) is 11.3. The second kappa shape index (κ2) is 5.27. The van der Waals surface area contributed by atoms with E-state index in [1.807, 2.05) is 0 Å². The van der Waals surface area contributed by atoms with Crippen molar-refractivity contribution in [3.63, 3.8) is 0 Å². The van der Waals surface area contributed by atoms with Crippen LogP contribution in [0.4, 0.5) is 8.78 Å². The molecular weight excluding hydrogens is 270 g/mol. The van der Waals surface area contributed by atoms with Crippen LogP contribution in [0.2, 0.25) is 5.02 Å². The van der Waals surface area contributed by atoms with E-state index in [9.17, 15) is 13.9 Å². The molecule has 0 saturated heterocycles. The number of halogens is 3. The molecule has 1 unspecified atom stereocenters. The van der Waals surface area contributed by atoms with Crippen LogP contribution >= 0.6 is 11.6 Å². The summed E-state index contributed by atoms with van der Waals surface area (Å²) in [5.74, 6) is -1.94. The molecule has 0 aliphatic carbocycles. The first-order chi connectivity index (χ1) is 8.91. The molecule has 0 bridgehead atoms. The highest BCUT2D eigenvalue weighted by molar-refractivity contribution is 6.31. The molecule has 1 nitrogen and oxygen atoms in total. The summed E-state index contributed by atoms with van der Waals surface area (Å²) in [5, 5.41) is 10.7. The van der Waals surface area contributed by atoms with Gasteiger partial charge in [0.15, 0.2) is 11.6 Å². The summed E-state index contributed by atoms with van der Waals surface area (Å²) in [7, 11) is 0. The third-order valence-corrected chi connectivity index (χ3v) is 3.52. The molecule has 1 N–H and O–H groups in total. The predicted molar refractivity (Wildman–Crippen MR) is 71.3 cm³/mol. The van der Waals surface area contributed by atoms with E-state index in [0.29, 0.717) is 10.6 Å². The van der Waals surface area contributed by atoms with Crippen molar-refractivity contribution < 1.29 is 13.9 Å². The van der Waals surface area contributed by atoms with Crippen molar-refractivity contribution in [3.8, 4) is 0 Å². The highest BCUT2D eigenvalue weighted by atomic mass is 35.5. The van der Waals surface area contributed by atoms with Crippen LogP contribution in [0, 0.1) is 25.5 Å². The summed E-state index contributed by atoms with van der Waals surface area (Å²) in [4.78, 5) is 0. The number of hydrogen-bond donors (Lipinski definition) is 1. The predicted octanol–water partition coefficient (Wildman–Crippen LogP) is 4.32. The Hall–Kier alpha value is -1.45. The first-order valence-corrected chi connectivity index (χ1v) is 6.18. The average molecular weight is 283 g/mol. The van der Waals surface area contributed by atoms with Gasteiger partial charge in [-0.25, -0.2) is 8.78 Å². The molecule has 1 atom stereocenters. The van der Waals surface area contributed by atoms with Crippen molar-refractivity contribution in [2.45, 2.75) is 20.0 Å². The van der Waals surface area contributed by atoms with Crippen LogP contribution in [-0.2, 0) is 0 Å². The van der Waals surface area contributed by atoms with Gasteiger partial charge in [-0.3, -0.25) is 0 Å². The fraction of sp³-hybridized carbons (Fsp3) is 0.200. The van der Waals surface area contributed by atoms with Crippen molar-refractivity contribution in [2.24, 2.45) is 0 Å². The van der Waals surface area contributed by atoms with Gasteiger partial charge in [0.1, 0.15) is 6.10 Å². The van der Waals surface area contributed by atoms with Crippen molar-refractivity contribution in [2.75, 3.05) is 0 Å². The van der Waals surface area contributed by atoms with Crippen molar-refractivity contribution in [3.05, 3.63) is 69.2 Å². The highest BCUT2D eigenvalue weighted by Gasteiger charge is 2.19. The number of hydrogen-bond acceptors (Lipinski definition) is 1. The zero-order valence-electron chi connectivity index (χ0n) is 10.5. The van der Waals surface area contributed by atoms with Crippen LogP contribution in [0.5, 0.6) is 0 Å². The van der Waals surface area contributed by atoms with Crippen molar-refractivity contribution in [1.82, 2.24) is 0 Å². The van der Waals surface area contributed by atoms with Crippen molar-refractivity contribution in [1.29, 1.82) is 0 Å². The van der Waals surface area contributed by atoms with E-state index in [1.54, 1.807) is 25.1 Å². The molecule has 0 heterocycles. The topological polar surface area (TPSA) is 20.2 Å². The van der Waals surface area contributed by atoms with E-state index in [-0.39, 0.29) is 11.1 Å². The van der Waals surface area contributed by atoms with Gasteiger partial charge in [0.05, 0.1) is 0 Å². The van der Waals surface area contributed by atoms with Crippen LogP contribution in [-0.4, -0.2) is 5.11 Å². The van der Waals surface area contributed by atoms with E-state index < -0.39 is 17.7 Å². The Kier molecular flexibility index (Phi) is 3.88. The van der Waals surface area contributed by atoms with Gasteiger partial charge >= 0.3 is 0 Å². The SMILES string of the molecule is Cc1cc(C(O)c2ccc(C)c(F)c2F)ccc1Cl. The van der Waals surface area contributed by atoms with Gasteiger partial charge in [0.25, 0.3) is 0 Å². The molecule has 4 heteroatoms. The highest BCUT2D eigenvalue weighted by Crippen LogP contribution is 2.29. The largest absolute Gasteiger partial charge is 0.384 e. The number of aliphatic hydroxyl groups excluding tert-OH is 1. The Bertz CT molecular complexity index is 626. The maximum Gasteiger partial charge on any atom is 0.165 e. The van der Waals surface area contributed by atoms with E-state index in [4.69, 9.17) is 11.6 Å². The molecule has 0 aliphatic rings. The van der Waals surface area contributed by atoms with E-state index in [2.05, 4.69) is 0 Å². The lowest BCUT2D eigenvalue weighted by atomic mass is 9.98. The van der Waals surface area contributed by atoms with Crippen LogP contribution in [0.3, 0.4) is 0 Å². The molecule has 0 saturated carbocycles. The summed E-state index contributed by atoms with van der Waals surface area (Å²) >= 11 is 5.89. The number of rotatable bonds is 2. The normalized spacial score (nSPS) is 12.5. The van der Waals surface area contributed by atoms with E-state index >= 15 is 0 Å². The molecule has 0 aliphatic heterocycles. The molecule has 2 aromatic carbocycles. The van der Waals surface area contributed by atoms with Crippen LogP contribution in [0.1, 0.15) is 28.4 Å². The van der Waals surface area contributed by atoms with Gasteiger partial charge in [-0.05, 0) is 36.6 Å². The van der Waals surface area contributed by atoms with Gasteiger partial charge in [0, 0.05) is 10.6 Å². The quantitative estimate of drug-likeness (QED) is 0.870. The molecule has 0 radical (unpaired) electrons. The Labute approximate surface area is 115 Å². The van der Waals surface area contributed by atoms with Gasteiger partial charge in [-0.2, -0.15) is 0 Å². The summed E-state index contributed by atoms with van der Waals surface area (Å²) in [5.41, 5.74) is 1.38. The second-order valence-corrected chi connectivity index (χ2v) is 4.92. The van der Waals surface area contributed by atoms with E-state index in [1.165, 1.54) is 19.1 Å². The maximum absolute atomic E-state index is 13.8. The summed E-state index contributed by atoms with van der Waals surface area (Å²) in [6.07, 6.45) is -1.22. The molecule has 2 aromatic rings. The Morgan fingerprint density at radius 2 is 1.68 bits per heavy atom. The first kappa shape index (κ1) is 14.0. The third kappa shape index (κ3) is 2.62. The molecule has 100 valence electrons. The maximum atomic E-state index is 13.8. The summed E-state index contributed by atoms with van der Waals surface area (Å²) in [6.45, 7) is 3.26. The van der Waals surface area contributed by atoms with Gasteiger partial charge in [-0.15, -0.1) is 0 Å². The monoisotopic (exact) mass is 282 g/mol. The fourth-order valence-electron chi connectivity index (χ4n) is 1.89. The average Bonchev–Trinajstić information content (AvgIpc) is 2.39. The summed E-state index contributed by atoms with van der Waals surface area (Å²) < 4.78 is 27.3. The minimum atomic E-state index is -1.22. The molecule has 0 fully saturated rings. The number of aryl methyl sites for hydroxylation is 2. The lowest BCUT2D eigenvalue weighted by molar-refractivity contribution is 0.213. The van der Waals surface area contributed by atoms with Crippen LogP contribution < -0.4 is 0 Å². The van der Waals surface area contributed by atoms with Gasteiger partial charge < -0.3 is 5.11 Å². The van der Waals surface area contributed by atoms with Crippen molar-refractivity contribution >= 4 is 11.6 Å². The Morgan fingerprint density at radius 3 is 2.32 bits per heavy atom. The Balaban J connectivity index is 2.47. The standard InChI is InChI=1S/C15H13ClF2O/c1-8-3-5-11(14(18)13(8)17)15(19)10-4-6-12(16)9(2)7-10/h3-7,15,19H,1-2H3. The molecule has 0 spiro atoms. The lowest BCUT2D eigenvalue weighted by Gasteiger charge is -2.14. The van der Waals surface area contributed by atoms with E-state index in [0.717, 1.165) is 5.56 Å². The number of benzene rings is 2.